The number of hydrogen-bond donors (Lipinski definition) is 5. The van der Waals surface area contributed by atoms with Gasteiger partial charge in [-0.05, 0) is 11.9 Å². The quantitative estimate of drug-likeness (QED) is 0.0611. The van der Waals surface area contributed by atoms with Gasteiger partial charge in [0.05, 0.1) is 12.6 Å². The van der Waals surface area contributed by atoms with Gasteiger partial charge in [-0.25, -0.2) is 0 Å². The van der Waals surface area contributed by atoms with Crippen LogP contribution in [0.3, 0.4) is 0 Å². The van der Waals surface area contributed by atoms with Crippen LogP contribution >= 0.6 is 11.9 Å². The molecule has 5 N–H and O–H groups in total. The van der Waals surface area contributed by atoms with E-state index in [9.17, 15) is 54.0 Å². The molecule has 318 valence electrons. The minimum atomic E-state index is -1.88. The number of aliphatic hydroxyl groups is 4. The molecule has 3 heterocycles. The van der Waals surface area contributed by atoms with Gasteiger partial charge in [0.1, 0.15) is 49.8 Å². The molecule has 3 aliphatic rings. The number of hydrogen-bond acceptors (Lipinski definition) is 24. The molecule has 23 nitrogen and oxygen atoms in total. The zero-order valence-electron chi connectivity index (χ0n) is 31.3. The van der Waals surface area contributed by atoms with Crippen LogP contribution < -0.4 is 4.72 Å². The average Bonchev–Trinajstić information content (AvgIpc) is 3.08. The van der Waals surface area contributed by atoms with Gasteiger partial charge < -0.3 is 72.5 Å². The number of rotatable bonds is 15. The van der Waals surface area contributed by atoms with Gasteiger partial charge in [0.15, 0.2) is 48.5 Å². The van der Waals surface area contributed by atoms with Crippen molar-refractivity contribution < 1.29 is 106 Å². The molecule has 0 saturated carbocycles. The fourth-order valence-corrected chi connectivity index (χ4v) is 7.03. The molecule has 3 saturated heterocycles. The Bertz CT molecular complexity index is 1420. The fraction of sp³-hybridized carbons (Fsp3) is 0.781. The van der Waals surface area contributed by atoms with E-state index in [1.807, 2.05) is 0 Å². The summed E-state index contributed by atoms with van der Waals surface area (Å²) in [6, 6.07) is -1.45. The fourth-order valence-electron chi connectivity index (χ4n) is 5.94. The lowest BCUT2D eigenvalue weighted by Crippen LogP contribution is -2.67. The zero-order chi connectivity index (χ0) is 42.0. The van der Waals surface area contributed by atoms with Gasteiger partial charge in [0, 0.05) is 48.5 Å². The number of esters is 7. The standard InChI is InChI=1S/C32H47NO22S/c1-11(35)45-9-19-24(47-13(3)37)26(48-14(4)38)28(50-16(6)40)31(53-19)55-25-20(10-46-12(2)36)54-32(29(51-17(7)41)27(25)49-15(5)39)56-33-21-23(43)22(42)18(8-34)52-30(21)44/h18-34,42-44H,8-10H2,1-7H3/t18-,19-,20-,21-,22-,23-,24+,25-,26+,27+,28-,29-,30+,31+,32+/m1/s1. The van der Waals surface area contributed by atoms with Crippen molar-refractivity contribution in [3.8, 4) is 0 Å². The topological polar surface area (TPSA) is 314 Å². The Morgan fingerprint density at radius 3 is 1.46 bits per heavy atom. The number of ether oxygens (including phenoxy) is 11. The first-order valence-electron chi connectivity index (χ1n) is 17.0. The largest absolute Gasteiger partial charge is 0.463 e. The summed E-state index contributed by atoms with van der Waals surface area (Å²) in [6.45, 7) is 5.14. The van der Waals surface area contributed by atoms with Crippen LogP contribution in [-0.4, -0.2) is 173 Å². The Morgan fingerprint density at radius 2 is 0.982 bits per heavy atom. The number of aliphatic hydroxyl groups excluding tert-OH is 4. The lowest BCUT2D eigenvalue weighted by molar-refractivity contribution is -0.341. The van der Waals surface area contributed by atoms with E-state index >= 15 is 0 Å². The van der Waals surface area contributed by atoms with Gasteiger partial charge in [0.25, 0.3) is 0 Å². The monoisotopic (exact) mass is 829 g/mol. The lowest BCUT2D eigenvalue weighted by atomic mass is 9.96. The molecule has 0 radical (unpaired) electrons. The zero-order valence-corrected chi connectivity index (χ0v) is 32.1. The van der Waals surface area contributed by atoms with Gasteiger partial charge in [0.2, 0.25) is 0 Å². The first-order valence-corrected chi connectivity index (χ1v) is 17.9. The molecular weight excluding hydrogens is 782 g/mol. The van der Waals surface area contributed by atoms with Gasteiger partial charge in [-0.15, -0.1) is 0 Å². The van der Waals surface area contributed by atoms with Crippen LogP contribution in [0.2, 0.25) is 0 Å². The van der Waals surface area contributed by atoms with Gasteiger partial charge in [-0.2, -0.15) is 0 Å². The highest BCUT2D eigenvalue weighted by atomic mass is 32.2. The highest BCUT2D eigenvalue weighted by Gasteiger charge is 2.58. The molecule has 0 unspecified atom stereocenters. The third kappa shape index (κ3) is 12.9. The molecule has 0 aromatic carbocycles. The molecule has 24 heteroatoms. The summed E-state index contributed by atoms with van der Waals surface area (Å²) in [4.78, 5) is 85.9. The molecule has 0 amide bonds. The summed E-state index contributed by atoms with van der Waals surface area (Å²) in [5.74, 6) is -6.31. The Hall–Kier alpha value is -3.72. The van der Waals surface area contributed by atoms with Crippen LogP contribution in [0.4, 0.5) is 0 Å². The molecule has 0 aromatic heterocycles. The Balaban J connectivity index is 2.12. The maximum absolute atomic E-state index is 12.6. The van der Waals surface area contributed by atoms with E-state index in [1.165, 1.54) is 0 Å². The van der Waals surface area contributed by atoms with Crippen LogP contribution in [0, 0.1) is 0 Å². The first-order chi connectivity index (χ1) is 26.2. The van der Waals surface area contributed by atoms with Crippen LogP contribution in [0.5, 0.6) is 0 Å². The summed E-state index contributed by atoms with van der Waals surface area (Å²) in [5, 5.41) is 41.0. The van der Waals surface area contributed by atoms with Crippen molar-refractivity contribution in [3.05, 3.63) is 0 Å². The Morgan fingerprint density at radius 1 is 0.536 bits per heavy atom. The molecule has 3 fully saturated rings. The van der Waals surface area contributed by atoms with Crippen molar-refractivity contribution in [2.75, 3.05) is 19.8 Å². The van der Waals surface area contributed by atoms with Crippen LogP contribution in [0.25, 0.3) is 0 Å². The third-order valence-electron chi connectivity index (χ3n) is 8.11. The minimum absolute atomic E-state index is 0.556. The average molecular weight is 830 g/mol. The summed E-state index contributed by atoms with van der Waals surface area (Å²) < 4.78 is 64.1. The normalized spacial score (nSPS) is 35.6. The Labute approximate surface area is 323 Å². The smallest absolute Gasteiger partial charge is 0.303 e. The molecular formula is C32H47NO22S. The molecule has 56 heavy (non-hydrogen) atoms. The van der Waals surface area contributed by atoms with Crippen LogP contribution in [0.15, 0.2) is 0 Å². The van der Waals surface area contributed by atoms with E-state index in [0.29, 0.717) is 11.9 Å². The highest BCUT2D eigenvalue weighted by Crippen LogP contribution is 2.38. The van der Waals surface area contributed by atoms with Crippen molar-refractivity contribution in [1.29, 1.82) is 0 Å². The summed E-state index contributed by atoms with van der Waals surface area (Å²) in [5.41, 5.74) is -1.47. The molecule has 3 rings (SSSR count). The maximum atomic E-state index is 12.6. The highest BCUT2D eigenvalue weighted by molar-refractivity contribution is 7.97. The second-order valence-corrected chi connectivity index (χ2v) is 13.6. The molecule has 0 aliphatic carbocycles. The summed E-state index contributed by atoms with van der Waals surface area (Å²) in [6.07, 6.45) is -21.4. The van der Waals surface area contributed by atoms with E-state index < -0.39 is 153 Å². The molecule has 3 aliphatic heterocycles. The van der Waals surface area contributed by atoms with E-state index in [4.69, 9.17) is 52.1 Å². The van der Waals surface area contributed by atoms with Crippen molar-refractivity contribution in [2.45, 2.75) is 140 Å². The van der Waals surface area contributed by atoms with Gasteiger partial charge >= 0.3 is 41.8 Å². The predicted molar refractivity (Wildman–Crippen MR) is 178 cm³/mol. The number of carbonyl (C=O) groups excluding carboxylic acids is 7. The third-order valence-corrected chi connectivity index (χ3v) is 9.13. The van der Waals surface area contributed by atoms with Crippen LogP contribution in [0.1, 0.15) is 48.5 Å². The maximum Gasteiger partial charge on any atom is 0.303 e. The van der Waals surface area contributed by atoms with Crippen molar-refractivity contribution >= 4 is 53.7 Å². The van der Waals surface area contributed by atoms with E-state index in [1.54, 1.807) is 0 Å². The minimum Gasteiger partial charge on any atom is -0.463 e. The van der Waals surface area contributed by atoms with Crippen LogP contribution in [-0.2, 0) is 85.7 Å². The number of nitrogens with one attached hydrogen (secondary N) is 1. The predicted octanol–water partition coefficient (Wildman–Crippen LogP) is -3.36. The second-order valence-electron chi connectivity index (χ2n) is 12.7. The van der Waals surface area contributed by atoms with Crippen molar-refractivity contribution in [3.63, 3.8) is 0 Å². The van der Waals surface area contributed by atoms with Gasteiger partial charge in [-0.3, -0.25) is 38.3 Å². The SMILES string of the molecule is CC(=O)OC[C@H]1O[C@@H](O[C@H]2[C@H](OC(C)=O)[C@@H](OC(C)=O)[C@H](SN[C@@H]3[C@@H](O)[C@H](O)[C@@H](CO)O[C@@H]3O)O[C@@H]2COC(C)=O)[C@H](OC(C)=O)[C@@H](OC(C)=O)[C@H]1OC(C)=O. The molecule has 15 atom stereocenters. The molecule has 0 spiro atoms. The second kappa shape index (κ2) is 21.2. The number of carbonyl (C=O) groups is 7. The first kappa shape index (κ1) is 46.7. The Kier molecular flexibility index (Phi) is 17.6. The van der Waals surface area contributed by atoms with Gasteiger partial charge in [-0.1, -0.05) is 0 Å². The summed E-state index contributed by atoms with van der Waals surface area (Å²) in [7, 11) is 0. The summed E-state index contributed by atoms with van der Waals surface area (Å²) >= 11 is 0.556. The molecule has 0 bridgehead atoms. The van der Waals surface area contributed by atoms with E-state index in [2.05, 4.69) is 4.72 Å². The van der Waals surface area contributed by atoms with E-state index in [0.717, 1.165) is 48.5 Å². The van der Waals surface area contributed by atoms with Crippen molar-refractivity contribution in [2.24, 2.45) is 0 Å². The van der Waals surface area contributed by atoms with E-state index in [-0.39, 0.29) is 0 Å². The van der Waals surface area contributed by atoms with Crippen molar-refractivity contribution in [1.82, 2.24) is 4.72 Å². The lowest BCUT2D eigenvalue weighted by Gasteiger charge is -2.49. The molecule has 0 aromatic rings.